The van der Waals surface area contributed by atoms with E-state index in [1.165, 1.54) is 12.8 Å². The highest BCUT2D eigenvalue weighted by atomic mass is 16.3. The Hall–Kier alpha value is -2.07. The van der Waals surface area contributed by atoms with Crippen LogP contribution in [0.4, 0.5) is 0 Å². The normalized spacial score (nSPS) is 16.8. The number of carbonyl (C=O) groups is 1. The predicted molar refractivity (Wildman–Crippen MR) is 81.0 cm³/mol. The smallest absolute Gasteiger partial charge is 0.251 e. The van der Waals surface area contributed by atoms with Crippen molar-refractivity contribution in [1.82, 2.24) is 10.2 Å². The minimum atomic E-state index is -0.0358. The standard InChI is InChI=1S/C17H20N2O2/c20-17(14-7-2-1-3-8-14)18-13-15(16-9-6-12-21-16)19-10-4-5-11-19/h1-3,6-9,12,15H,4-5,10-11,13H2,(H,18,20)/t15-/m0/s1. The molecule has 1 fully saturated rings. The lowest BCUT2D eigenvalue weighted by molar-refractivity contribution is 0.0934. The minimum absolute atomic E-state index is 0.0358. The molecule has 3 rings (SSSR count). The first kappa shape index (κ1) is 13.9. The number of likely N-dealkylation sites (tertiary alicyclic amines) is 1. The van der Waals surface area contributed by atoms with Gasteiger partial charge in [0.1, 0.15) is 5.76 Å². The van der Waals surface area contributed by atoms with Gasteiger partial charge in [-0.15, -0.1) is 0 Å². The summed E-state index contributed by atoms with van der Waals surface area (Å²) in [5, 5.41) is 3.02. The summed E-state index contributed by atoms with van der Waals surface area (Å²) in [7, 11) is 0. The van der Waals surface area contributed by atoms with Crippen LogP contribution in [0.2, 0.25) is 0 Å². The average Bonchev–Trinajstić information content (AvgIpc) is 3.22. The number of carbonyl (C=O) groups excluding carboxylic acids is 1. The first-order chi connectivity index (χ1) is 10.3. The van der Waals surface area contributed by atoms with Crippen molar-refractivity contribution in [3.05, 3.63) is 60.1 Å². The van der Waals surface area contributed by atoms with Crippen molar-refractivity contribution in [2.24, 2.45) is 0 Å². The van der Waals surface area contributed by atoms with E-state index in [-0.39, 0.29) is 11.9 Å². The Kier molecular flexibility index (Phi) is 4.36. The number of benzene rings is 1. The Morgan fingerprint density at radius 2 is 1.90 bits per heavy atom. The molecule has 2 heterocycles. The van der Waals surface area contributed by atoms with Gasteiger partial charge in [-0.25, -0.2) is 0 Å². The van der Waals surface area contributed by atoms with E-state index < -0.39 is 0 Å². The van der Waals surface area contributed by atoms with E-state index in [4.69, 9.17) is 4.42 Å². The van der Waals surface area contributed by atoms with Gasteiger partial charge in [-0.05, 0) is 50.2 Å². The van der Waals surface area contributed by atoms with E-state index in [2.05, 4.69) is 10.2 Å². The fourth-order valence-corrected chi connectivity index (χ4v) is 2.82. The maximum atomic E-state index is 12.2. The zero-order valence-corrected chi connectivity index (χ0v) is 12.0. The number of nitrogens with one attached hydrogen (secondary N) is 1. The maximum Gasteiger partial charge on any atom is 0.251 e. The molecule has 0 unspecified atom stereocenters. The maximum absolute atomic E-state index is 12.2. The summed E-state index contributed by atoms with van der Waals surface area (Å²) in [6.07, 6.45) is 4.12. The third-order valence-electron chi connectivity index (χ3n) is 3.94. The number of nitrogens with zero attached hydrogens (tertiary/aromatic N) is 1. The fourth-order valence-electron chi connectivity index (χ4n) is 2.82. The number of furan rings is 1. The van der Waals surface area contributed by atoms with Gasteiger partial charge in [-0.2, -0.15) is 0 Å². The first-order valence-corrected chi connectivity index (χ1v) is 7.45. The molecule has 1 saturated heterocycles. The molecule has 1 aliphatic rings. The molecule has 1 amide bonds. The third-order valence-corrected chi connectivity index (χ3v) is 3.94. The van der Waals surface area contributed by atoms with Gasteiger partial charge in [0.15, 0.2) is 0 Å². The van der Waals surface area contributed by atoms with Crippen molar-refractivity contribution >= 4 is 5.91 Å². The quantitative estimate of drug-likeness (QED) is 0.918. The summed E-state index contributed by atoms with van der Waals surface area (Å²) in [6, 6.07) is 13.3. The molecule has 1 aromatic heterocycles. The van der Waals surface area contributed by atoms with Gasteiger partial charge in [0.05, 0.1) is 12.3 Å². The van der Waals surface area contributed by atoms with Crippen molar-refractivity contribution in [2.45, 2.75) is 18.9 Å². The lowest BCUT2D eigenvalue weighted by Crippen LogP contribution is -2.36. The second kappa shape index (κ2) is 6.59. The Balaban J connectivity index is 1.66. The third kappa shape index (κ3) is 3.34. The highest BCUT2D eigenvalue weighted by Crippen LogP contribution is 2.24. The topological polar surface area (TPSA) is 45.5 Å². The summed E-state index contributed by atoms with van der Waals surface area (Å²) in [5.74, 6) is 0.886. The number of hydrogen-bond donors (Lipinski definition) is 1. The average molecular weight is 284 g/mol. The van der Waals surface area contributed by atoms with Crippen molar-refractivity contribution in [3.63, 3.8) is 0 Å². The van der Waals surface area contributed by atoms with Crippen molar-refractivity contribution in [3.8, 4) is 0 Å². The molecule has 2 aromatic rings. The monoisotopic (exact) mass is 284 g/mol. The van der Waals surface area contributed by atoms with Crippen LogP contribution in [0.5, 0.6) is 0 Å². The molecule has 1 atom stereocenters. The van der Waals surface area contributed by atoms with Crippen LogP contribution in [0.15, 0.2) is 53.1 Å². The molecule has 4 heteroatoms. The van der Waals surface area contributed by atoms with Gasteiger partial charge in [0, 0.05) is 12.1 Å². The van der Waals surface area contributed by atoms with Gasteiger partial charge in [0.2, 0.25) is 0 Å². The molecule has 1 aromatic carbocycles. The summed E-state index contributed by atoms with van der Waals surface area (Å²) in [5.41, 5.74) is 0.692. The Morgan fingerprint density at radius 3 is 2.57 bits per heavy atom. The van der Waals surface area contributed by atoms with E-state index >= 15 is 0 Å². The molecule has 110 valence electrons. The van der Waals surface area contributed by atoms with Gasteiger partial charge < -0.3 is 9.73 Å². The molecule has 1 N–H and O–H groups in total. The highest BCUT2D eigenvalue weighted by molar-refractivity contribution is 5.94. The molecule has 0 aliphatic carbocycles. The summed E-state index contributed by atoms with van der Waals surface area (Å²) >= 11 is 0. The Labute approximate surface area is 124 Å². The Morgan fingerprint density at radius 1 is 1.14 bits per heavy atom. The molecule has 4 nitrogen and oxygen atoms in total. The molecule has 0 spiro atoms. The number of rotatable bonds is 5. The molecular formula is C17H20N2O2. The SMILES string of the molecule is O=C(NC[C@@H](c1ccco1)N1CCCC1)c1ccccc1. The van der Waals surface area contributed by atoms with E-state index in [1.54, 1.807) is 6.26 Å². The van der Waals surface area contributed by atoms with Crippen LogP contribution in [0.1, 0.15) is 35.0 Å². The van der Waals surface area contributed by atoms with E-state index in [9.17, 15) is 4.79 Å². The van der Waals surface area contributed by atoms with Gasteiger partial charge >= 0.3 is 0 Å². The van der Waals surface area contributed by atoms with Crippen LogP contribution in [0.3, 0.4) is 0 Å². The first-order valence-electron chi connectivity index (χ1n) is 7.45. The number of hydrogen-bond acceptors (Lipinski definition) is 3. The summed E-state index contributed by atoms with van der Waals surface area (Å²) in [4.78, 5) is 14.6. The fraction of sp³-hybridized carbons (Fsp3) is 0.353. The van der Waals surface area contributed by atoms with Crippen molar-refractivity contribution < 1.29 is 9.21 Å². The summed E-state index contributed by atoms with van der Waals surface area (Å²) < 4.78 is 5.55. The second-order valence-corrected chi connectivity index (χ2v) is 5.35. The zero-order valence-electron chi connectivity index (χ0n) is 12.0. The Bertz CT molecular complexity index is 560. The van der Waals surface area contributed by atoms with Crippen LogP contribution in [0.25, 0.3) is 0 Å². The van der Waals surface area contributed by atoms with E-state index in [0.29, 0.717) is 12.1 Å². The molecule has 0 radical (unpaired) electrons. The van der Waals surface area contributed by atoms with Crippen LogP contribution < -0.4 is 5.32 Å². The predicted octanol–water partition coefficient (Wildman–Crippen LogP) is 2.85. The highest BCUT2D eigenvalue weighted by Gasteiger charge is 2.25. The lowest BCUT2D eigenvalue weighted by atomic mass is 10.1. The minimum Gasteiger partial charge on any atom is -0.468 e. The van der Waals surface area contributed by atoms with Crippen molar-refractivity contribution in [2.75, 3.05) is 19.6 Å². The lowest BCUT2D eigenvalue weighted by Gasteiger charge is -2.26. The summed E-state index contributed by atoms with van der Waals surface area (Å²) in [6.45, 7) is 2.69. The molecule has 0 bridgehead atoms. The number of amides is 1. The molecule has 1 aliphatic heterocycles. The molecule has 21 heavy (non-hydrogen) atoms. The second-order valence-electron chi connectivity index (χ2n) is 5.35. The van der Waals surface area contributed by atoms with Gasteiger partial charge in [-0.1, -0.05) is 18.2 Å². The zero-order chi connectivity index (χ0) is 14.5. The van der Waals surface area contributed by atoms with Gasteiger partial charge in [0.25, 0.3) is 5.91 Å². The molecule has 0 saturated carbocycles. The van der Waals surface area contributed by atoms with Crippen LogP contribution in [-0.4, -0.2) is 30.4 Å². The van der Waals surface area contributed by atoms with Crippen LogP contribution in [0, 0.1) is 0 Å². The molecular weight excluding hydrogens is 264 g/mol. The van der Waals surface area contributed by atoms with Crippen molar-refractivity contribution in [1.29, 1.82) is 0 Å². The van der Waals surface area contributed by atoms with Gasteiger partial charge in [-0.3, -0.25) is 9.69 Å². The largest absolute Gasteiger partial charge is 0.468 e. The van der Waals surface area contributed by atoms with E-state index in [1.807, 2.05) is 42.5 Å². The van der Waals surface area contributed by atoms with Crippen LogP contribution in [-0.2, 0) is 0 Å². The van der Waals surface area contributed by atoms with E-state index in [0.717, 1.165) is 18.8 Å². The van der Waals surface area contributed by atoms with Crippen LogP contribution >= 0.6 is 0 Å².